The van der Waals surface area contributed by atoms with Crippen LogP contribution in [0.25, 0.3) is 0 Å². The van der Waals surface area contributed by atoms with Gasteiger partial charge in [0, 0.05) is 25.0 Å². The largest absolute Gasteiger partial charge is 0.340 e. The Bertz CT molecular complexity index is 398. The maximum absolute atomic E-state index is 12.9. The van der Waals surface area contributed by atoms with Gasteiger partial charge in [-0.3, -0.25) is 4.79 Å². The SMILES string of the molecule is CC1CC(N)CCN1C(=O)CC12CC3CC(CC(C3)C1)C2. The van der Waals surface area contributed by atoms with Crippen molar-refractivity contribution in [2.75, 3.05) is 6.54 Å². The molecule has 0 aromatic carbocycles. The molecule has 1 heterocycles. The average molecular weight is 290 g/mol. The third kappa shape index (κ3) is 2.52. The lowest BCUT2D eigenvalue weighted by atomic mass is 9.49. The minimum absolute atomic E-state index is 0.295. The molecule has 3 nitrogen and oxygen atoms in total. The van der Waals surface area contributed by atoms with Gasteiger partial charge >= 0.3 is 0 Å². The van der Waals surface area contributed by atoms with Gasteiger partial charge in [0.05, 0.1) is 0 Å². The third-order valence-electron chi connectivity index (χ3n) is 6.93. The standard InChI is InChI=1S/C18H30N2O/c1-12-4-16(19)2-3-20(12)17(21)11-18-8-13-5-14(9-18)7-15(6-13)10-18/h12-16H,2-11,19H2,1H3. The summed E-state index contributed by atoms with van der Waals surface area (Å²) in [6.45, 7) is 3.06. The van der Waals surface area contributed by atoms with Gasteiger partial charge in [-0.2, -0.15) is 0 Å². The summed E-state index contributed by atoms with van der Waals surface area (Å²) in [5.41, 5.74) is 6.42. The van der Waals surface area contributed by atoms with Crippen LogP contribution in [-0.2, 0) is 4.79 Å². The highest BCUT2D eigenvalue weighted by Gasteiger charge is 2.51. The molecular weight excluding hydrogens is 260 g/mol. The molecule has 118 valence electrons. The quantitative estimate of drug-likeness (QED) is 0.850. The molecule has 1 aliphatic heterocycles. The van der Waals surface area contributed by atoms with Crippen LogP contribution in [0.2, 0.25) is 0 Å². The van der Waals surface area contributed by atoms with E-state index in [-0.39, 0.29) is 0 Å². The van der Waals surface area contributed by atoms with Crippen LogP contribution in [0.4, 0.5) is 0 Å². The van der Waals surface area contributed by atoms with E-state index in [9.17, 15) is 4.79 Å². The molecule has 2 unspecified atom stereocenters. The Hall–Kier alpha value is -0.570. The molecule has 4 aliphatic carbocycles. The van der Waals surface area contributed by atoms with Crippen molar-refractivity contribution in [1.29, 1.82) is 0 Å². The van der Waals surface area contributed by atoms with Gasteiger partial charge in [-0.05, 0) is 81.5 Å². The zero-order valence-electron chi connectivity index (χ0n) is 13.4. The molecule has 2 atom stereocenters. The van der Waals surface area contributed by atoms with Gasteiger partial charge in [-0.25, -0.2) is 0 Å². The Morgan fingerprint density at radius 1 is 1.10 bits per heavy atom. The fourth-order valence-electron chi connectivity index (χ4n) is 6.51. The van der Waals surface area contributed by atoms with Crippen molar-refractivity contribution in [2.24, 2.45) is 28.9 Å². The summed E-state index contributed by atoms with van der Waals surface area (Å²) in [5.74, 6) is 3.25. The Labute approximate surface area is 128 Å². The first-order chi connectivity index (χ1) is 10.0. The average Bonchev–Trinajstić information content (AvgIpc) is 2.35. The number of carbonyl (C=O) groups excluding carboxylic acids is 1. The fraction of sp³-hybridized carbons (Fsp3) is 0.944. The summed E-state index contributed by atoms with van der Waals surface area (Å²) in [5, 5.41) is 0. The maximum Gasteiger partial charge on any atom is 0.223 e. The third-order valence-corrected chi connectivity index (χ3v) is 6.93. The van der Waals surface area contributed by atoms with E-state index in [4.69, 9.17) is 5.73 Å². The van der Waals surface area contributed by atoms with Gasteiger partial charge in [-0.15, -0.1) is 0 Å². The number of hydrogen-bond donors (Lipinski definition) is 1. The van der Waals surface area contributed by atoms with Crippen molar-refractivity contribution in [2.45, 2.75) is 76.8 Å². The van der Waals surface area contributed by atoms with Gasteiger partial charge in [0.25, 0.3) is 0 Å². The van der Waals surface area contributed by atoms with Crippen molar-refractivity contribution < 1.29 is 4.79 Å². The first-order valence-electron chi connectivity index (χ1n) is 9.08. The van der Waals surface area contributed by atoms with E-state index in [1.165, 1.54) is 38.5 Å². The minimum Gasteiger partial charge on any atom is -0.340 e. The Morgan fingerprint density at radius 3 is 2.19 bits per heavy atom. The van der Waals surface area contributed by atoms with E-state index in [0.29, 0.717) is 23.4 Å². The molecule has 1 amide bonds. The maximum atomic E-state index is 12.9. The monoisotopic (exact) mass is 290 g/mol. The number of nitrogens with zero attached hydrogens (tertiary/aromatic N) is 1. The van der Waals surface area contributed by atoms with Crippen molar-refractivity contribution >= 4 is 5.91 Å². The van der Waals surface area contributed by atoms with Crippen LogP contribution in [0.5, 0.6) is 0 Å². The summed E-state index contributed by atoms with van der Waals surface area (Å²) in [4.78, 5) is 15.0. The van der Waals surface area contributed by atoms with Gasteiger partial charge in [0.1, 0.15) is 0 Å². The Kier molecular flexibility index (Phi) is 3.33. The lowest BCUT2D eigenvalue weighted by molar-refractivity contribution is -0.142. The van der Waals surface area contributed by atoms with Gasteiger partial charge in [-0.1, -0.05) is 0 Å². The zero-order valence-corrected chi connectivity index (χ0v) is 13.4. The first kappa shape index (κ1) is 14.0. The van der Waals surface area contributed by atoms with Crippen LogP contribution in [-0.4, -0.2) is 29.4 Å². The first-order valence-corrected chi connectivity index (χ1v) is 9.08. The molecule has 3 heteroatoms. The molecule has 0 aromatic heterocycles. The van der Waals surface area contributed by atoms with E-state index in [2.05, 4.69) is 11.8 Å². The number of piperidine rings is 1. The molecule has 0 aromatic rings. The van der Waals surface area contributed by atoms with Crippen molar-refractivity contribution in [3.05, 3.63) is 0 Å². The molecule has 4 saturated carbocycles. The molecule has 21 heavy (non-hydrogen) atoms. The number of nitrogens with two attached hydrogens (primary N) is 1. The predicted molar refractivity (Wildman–Crippen MR) is 83.6 cm³/mol. The van der Waals surface area contributed by atoms with Crippen LogP contribution < -0.4 is 5.73 Å². The van der Waals surface area contributed by atoms with E-state index >= 15 is 0 Å². The number of hydrogen-bond acceptors (Lipinski definition) is 2. The lowest BCUT2D eigenvalue weighted by Crippen LogP contribution is -2.52. The molecule has 5 fully saturated rings. The number of likely N-dealkylation sites (tertiary alicyclic amines) is 1. The molecule has 1 saturated heterocycles. The molecule has 0 radical (unpaired) electrons. The van der Waals surface area contributed by atoms with E-state index < -0.39 is 0 Å². The van der Waals surface area contributed by atoms with Crippen LogP contribution in [0.15, 0.2) is 0 Å². The molecule has 0 spiro atoms. The van der Waals surface area contributed by atoms with Crippen molar-refractivity contribution in [3.8, 4) is 0 Å². The summed E-state index contributed by atoms with van der Waals surface area (Å²) in [6, 6.07) is 0.638. The summed E-state index contributed by atoms with van der Waals surface area (Å²) >= 11 is 0. The summed E-state index contributed by atoms with van der Waals surface area (Å²) in [6.07, 6.45) is 11.2. The summed E-state index contributed by atoms with van der Waals surface area (Å²) in [7, 11) is 0. The summed E-state index contributed by atoms with van der Waals surface area (Å²) < 4.78 is 0. The predicted octanol–water partition coefficient (Wildman–Crippen LogP) is 2.93. The van der Waals surface area contributed by atoms with Crippen molar-refractivity contribution in [3.63, 3.8) is 0 Å². The van der Waals surface area contributed by atoms with Crippen molar-refractivity contribution in [1.82, 2.24) is 4.90 Å². The number of amides is 1. The molecule has 4 bridgehead atoms. The second-order valence-electron chi connectivity index (χ2n) is 8.81. The van der Waals surface area contributed by atoms with Gasteiger partial charge in [0.15, 0.2) is 0 Å². The number of carbonyl (C=O) groups is 1. The van der Waals surface area contributed by atoms with Crippen LogP contribution in [0, 0.1) is 23.2 Å². The van der Waals surface area contributed by atoms with E-state index in [1.54, 1.807) is 0 Å². The lowest BCUT2D eigenvalue weighted by Gasteiger charge is -2.57. The van der Waals surface area contributed by atoms with Crippen LogP contribution >= 0.6 is 0 Å². The zero-order chi connectivity index (χ0) is 14.6. The second-order valence-corrected chi connectivity index (χ2v) is 8.81. The normalized spacial score (nSPS) is 48.7. The second kappa shape index (κ2) is 4.97. The number of rotatable bonds is 2. The fourth-order valence-corrected chi connectivity index (χ4v) is 6.51. The highest BCUT2D eigenvalue weighted by molar-refractivity contribution is 5.77. The van der Waals surface area contributed by atoms with E-state index in [1.807, 2.05) is 0 Å². The Balaban J connectivity index is 1.45. The smallest absolute Gasteiger partial charge is 0.223 e. The molecule has 5 aliphatic rings. The van der Waals surface area contributed by atoms with E-state index in [0.717, 1.165) is 43.6 Å². The highest BCUT2D eigenvalue weighted by atomic mass is 16.2. The molecule has 2 N–H and O–H groups in total. The van der Waals surface area contributed by atoms with Crippen LogP contribution in [0.3, 0.4) is 0 Å². The molecule has 5 rings (SSSR count). The van der Waals surface area contributed by atoms with Crippen LogP contribution in [0.1, 0.15) is 64.7 Å². The molecular formula is C18H30N2O. The Morgan fingerprint density at radius 2 is 1.67 bits per heavy atom. The minimum atomic E-state index is 0.295. The van der Waals surface area contributed by atoms with Gasteiger partial charge in [0.2, 0.25) is 5.91 Å². The highest BCUT2D eigenvalue weighted by Crippen LogP contribution is 2.61. The van der Waals surface area contributed by atoms with Gasteiger partial charge < -0.3 is 10.6 Å². The topological polar surface area (TPSA) is 46.3 Å².